The molecule has 146 valence electrons. The zero-order chi connectivity index (χ0) is 18.7. The van der Waals surface area contributed by atoms with Crippen LogP contribution in [0.25, 0.3) is 0 Å². The maximum atomic E-state index is 11.7. The molecule has 1 fully saturated rings. The first-order valence-corrected chi connectivity index (χ1v) is 9.53. The predicted octanol–water partition coefficient (Wildman–Crippen LogP) is 5.09. The number of ether oxygens (including phenoxy) is 4. The first kappa shape index (κ1) is 21.6. The van der Waals surface area contributed by atoms with Gasteiger partial charge in [-0.15, -0.1) is 0 Å². The molecule has 0 N–H and O–H groups in total. The lowest BCUT2D eigenvalue weighted by atomic mass is 9.95. The summed E-state index contributed by atoms with van der Waals surface area (Å²) in [7, 11) is 0. The summed E-state index contributed by atoms with van der Waals surface area (Å²) in [6.07, 6.45) is 4.10. The summed E-state index contributed by atoms with van der Waals surface area (Å²) in [5.41, 5.74) is 0. The van der Waals surface area contributed by atoms with Crippen molar-refractivity contribution in [1.82, 2.24) is 0 Å². The van der Waals surface area contributed by atoms with Crippen LogP contribution in [-0.4, -0.2) is 37.7 Å². The molecule has 0 bridgehead atoms. The molecule has 2 atom stereocenters. The molecule has 2 unspecified atom stereocenters. The number of carbonyl (C=O) groups is 2. The molecular formula is C19H34O6. The Morgan fingerprint density at radius 2 is 1.48 bits per heavy atom. The van der Waals surface area contributed by atoms with Gasteiger partial charge in [-0.2, -0.15) is 0 Å². The largest absolute Gasteiger partial charge is 0.508 e. The van der Waals surface area contributed by atoms with E-state index in [-0.39, 0.29) is 18.1 Å². The summed E-state index contributed by atoms with van der Waals surface area (Å²) in [5, 5.41) is 0. The lowest BCUT2D eigenvalue weighted by molar-refractivity contribution is -0.0365. The Balaban J connectivity index is 2.19. The third-order valence-corrected chi connectivity index (χ3v) is 4.03. The van der Waals surface area contributed by atoms with Crippen LogP contribution in [0.5, 0.6) is 0 Å². The van der Waals surface area contributed by atoms with Gasteiger partial charge in [0.1, 0.15) is 12.2 Å². The number of hydrogen-bond acceptors (Lipinski definition) is 6. The molecule has 0 aromatic carbocycles. The standard InChI is InChI=1S/C19H34O6/c1-14(2)8-5-6-11-22-18(20)24-16-9-7-10-17(12-16)25-19(21)23-13-15(3)4/h14-17H,5-13H2,1-4H3. The molecule has 0 aromatic heterocycles. The van der Waals surface area contributed by atoms with Crippen LogP contribution < -0.4 is 0 Å². The Kier molecular flexibility index (Phi) is 10.3. The van der Waals surface area contributed by atoms with Gasteiger partial charge in [-0.1, -0.05) is 34.1 Å². The molecule has 1 aliphatic carbocycles. The number of unbranched alkanes of at least 4 members (excludes halogenated alkanes) is 1. The quantitative estimate of drug-likeness (QED) is 0.422. The van der Waals surface area contributed by atoms with Crippen molar-refractivity contribution in [2.75, 3.05) is 13.2 Å². The van der Waals surface area contributed by atoms with Gasteiger partial charge < -0.3 is 18.9 Å². The topological polar surface area (TPSA) is 71.1 Å². The molecule has 0 radical (unpaired) electrons. The molecule has 0 heterocycles. The third-order valence-electron chi connectivity index (χ3n) is 4.03. The van der Waals surface area contributed by atoms with Gasteiger partial charge in [0.2, 0.25) is 0 Å². The number of hydrogen-bond donors (Lipinski definition) is 0. The Morgan fingerprint density at radius 1 is 0.880 bits per heavy atom. The lowest BCUT2D eigenvalue weighted by Crippen LogP contribution is -2.32. The summed E-state index contributed by atoms with van der Waals surface area (Å²) in [5.74, 6) is 0.934. The van der Waals surface area contributed by atoms with Crippen molar-refractivity contribution >= 4 is 12.3 Å². The summed E-state index contributed by atoms with van der Waals surface area (Å²) in [4.78, 5) is 23.4. The minimum Gasteiger partial charge on any atom is -0.434 e. The van der Waals surface area contributed by atoms with E-state index in [4.69, 9.17) is 18.9 Å². The monoisotopic (exact) mass is 358 g/mol. The minimum absolute atomic E-state index is 0.264. The van der Waals surface area contributed by atoms with Crippen LogP contribution in [-0.2, 0) is 18.9 Å². The SMILES string of the molecule is CC(C)CCCCOC(=O)OC1CCCC(OC(=O)OCC(C)C)C1. The Hall–Kier alpha value is -1.46. The van der Waals surface area contributed by atoms with Gasteiger partial charge in [0.25, 0.3) is 0 Å². The molecule has 6 nitrogen and oxygen atoms in total. The van der Waals surface area contributed by atoms with E-state index in [2.05, 4.69) is 13.8 Å². The van der Waals surface area contributed by atoms with E-state index in [0.717, 1.165) is 38.5 Å². The molecule has 1 saturated carbocycles. The van der Waals surface area contributed by atoms with Gasteiger partial charge in [0.15, 0.2) is 0 Å². The summed E-state index contributed by atoms with van der Waals surface area (Å²) in [6.45, 7) is 9.01. The van der Waals surface area contributed by atoms with Crippen LogP contribution in [0.1, 0.15) is 72.6 Å². The Labute approximate surface area is 151 Å². The highest BCUT2D eigenvalue weighted by Crippen LogP contribution is 2.24. The van der Waals surface area contributed by atoms with Gasteiger partial charge in [0, 0.05) is 6.42 Å². The van der Waals surface area contributed by atoms with E-state index in [1.165, 1.54) is 0 Å². The fraction of sp³-hybridized carbons (Fsp3) is 0.895. The zero-order valence-electron chi connectivity index (χ0n) is 16.1. The molecule has 0 amide bonds. The molecule has 0 aromatic rings. The molecule has 1 aliphatic rings. The number of carbonyl (C=O) groups excluding carboxylic acids is 2. The van der Waals surface area contributed by atoms with Crippen LogP contribution in [0, 0.1) is 11.8 Å². The highest BCUT2D eigenvalue weighted by molar-refractivity contribution is 5.60. The van der Waals surface area contributed by atoms with Crippen LogP contribution in [0.15, 0.2) is 0 Å². The van der Waals surface area contributed by atoms with E-state index in [0.29, 0.717) is 25.6 Å². The van der Waals surface area contributed by atoms with Crippen molar-refractivity contribution in [3.63, 3.8) is 0 Å². The fourth-order valence-electron chi connectivity index (χ4n) is 2.70. The van der Waals surface area contributed by atoms with E-state index in [1.807, 2.05) is 13.8 Å². The van der Waals surface area contributed by atoms with Gasteiger partial charge in [-0.05, 0) is 43.9 Å². The van der Waals surface area contributed by atoms with Crippen LogP contribution in [0.2, 0.25) is 0 Å². The fourth-order valence-corrected chi connectivity index (χ4v) is 2.70. The van der Waals surface area contributed by atoms with Gasteiger partial charge in [-0.3, -0.25) is 0 Å². The normalized spacial score (nSPS) is 20.4. The molecule has 25 heavy (non-hydrogen) atoms. The van der Waals surface area contributed by atoms with Crippen LogP contribution in [0.3, 0.4) is 0 Å². The van der Waals surface area contributed by atoms with Crippen molar-refractivity contribution in [2.24, 2.45) is 11.8 Å². The second-order valence-corrected chi connectivity index (χ2v) is 7.59. The molecule has 0 saturated heterocycles. The third kappa shape index (κ3) is 10.9. The van der Waals surface area contributed by atoms with Crippen molar-refractivity contribution in [1.29, 1.82) is 0 Å². The van der Waals surface area contributed by atoms with E-state index >= 15 is 0 Å². The van der Waals surface area contributed by atoms with Crippen molar-refractivity contribution in [3.05, 3.63) is 0 Å². The maximum absolute atomic E-state index is 11.7. The summed E-state index contributed by atoms with van der Waals surface area (Å²) >= 11 is 0. The highest BCUT2D eigenvalue weighted by atomic mass is 16.7. The molecule has 0 aliphatic heterocycles. The maximum Gasteiger partial charge on any atom is 0.508 e. The van der Waals surface area contributed by atoms with Crippen molar-refractivity contribution in [3.8, 4) is 0 Å². The van der Waals surface area contributed by atoms with Gasteiger partial charge >= 0.3 is 12.3 Å². The van der Waals surface area contributed by atoms with Crippen molar-refractivity contribution < 1.29 is 28.5 Å². The Bertz CT molecular complexity index is 393. The zero-order valence-corrected chi connectivity index (χ0v) is 16.1. The van der Waals surface area contributed by atoms with E-state index < -0.39 is 12.3 Å². The average Bonchev–Trinajstić information content (AvgIpc) is 2.52. The van der Waals surface area contributed by atoms with E-state index in [9.17, 15) is 9.59 Å². The molecule has 6 heteroatoms. The van der Waals surface area contributed by atoms with E-state index in [1.54, 1.807) is 0 Å². The van der Waals surface area contributed by atoms with Crippen molar-refractivity contribution in [2.45, 2.75) is 84.8 Å². The molecule has 1 rings (SSSR count). The van der Waals surface area contributed by atoms with Gasteiger partial charge in [0.05, 0.1) is 13.2 Å². The van der Waals surface area contributed by atoms with Crippen LogP contribution >= 0.6 is 0 Å². The second-order valence-electron chi connectivity index (χ2n) is 7.59. The predicted molar refractivity (Wildman–Crippen MR) is 94.4 cm³/mol. The molecule has 0 spiro atoms. The first-order valence-electron chi connectivity index (χ1n) is 9.53. The Morgan fingerprint density at radius 3 is 2.04 bits per heavy atom. The first-order chi connectivity index (χ1) is 11.9. The average molecular weight is 358 g/mol. The van der Waals surface area contributed by atoms with Gasteiger partial charge in [-0.25, -0.2) is 9.59 Å². The second kappa shape index (κ2) is 12.0. The lowest BCUT2D eigenvalue weighted by Gasteiger charge is -2.28. The summed E-state index contributed by atoms with van der Waals surface area (Å²) < 4.78 is 20.8. The highest BCUT2D eigenvalue weighted by Gasteiger charge is 2.28. The minimum atomic E-state index is -0.646. The number of rotatable bonds is 9. The summed E-state index contributed by atoms with van der Waals surface area (Å²) in [6, 6.07) is 0. The van der Waals surface area contributed by atoms with Crippen LogP contribution in [0.4, 0.5) is 9.59 Å². The molecular weight excluding hydrogens is 324 g/mol. The smallest absolute Gasteiger partial charge is 0.434 e.